The quantitative estimate of drug-likeness (QED) is 0.543. The highest BCUT2D eigenvalue weighted by Gasteiger charge is 2.19. The van der Waals surface area contributed by atoms with E-state index < -0.39 is 5.82 Å². The summed E-state index contributed by atoms with van der Waals surface area (Å²) >= 11 is 1.73. The molecule has 0 aliphatic heterocycles. The third-order valence-electron chi connectivity index (χ3n) is 2.92. The Morgan fingerprint density at radius 1 is 1.31 bits per heavy atom. The largest absolute Gasteiger partial charge is 0.206 e. The first kappa shape index (κ1) is 12.0. The van der Waals surface area contributed by atoms with Crippen LogP contribution in [0.5, 0.6) is 0 Å². The van der Waals surface area contributed by atoms with E-state index in [-0.39, 0.29) is 9.39 Å². The van der Waals surface area contributed by atoms with Gasteiger partial charge in [0.25, 0.3) is 0 Å². The lowest BCUT2D eigenvalue weighted by Crippen LogP contribution is -2.06. The molecule has 0 nitrogen and oxygen atoms in total. The van der Waals surface area contributed by atoms with E-state index >= 15 is 0 Å². The van der Waals surface area contributed by atoms with Crippen molar-refractivity contribution in [2.75, 3.05) is 0 Å². The van der Waals surface area contributed by atoms with Crippen molar-refractivity contribution < 1.29 is 8.78 Å². The van der Waals surface area contributed by atoms with E-state index in [4.69, 9.17) is 0 Å². The summed E-state index contributed by atoms with van der Waals surface area (Å²) in [6, 6.07) is 1.45. The summed E-state index contributed by atoms with van der Waals surface area (Å²) in [7, 11) is 0. The Kier molecular flexibility index (Phi) is 3.62. The number of rotatable bonds is 2. The molecule has 0 unspecified atom stereocenters. The molecule has 0 amide bonds. The highest BCUT2D eigenvalue weighted by Crippen LogP contribution is 2.31. The fourth-order valence-corrected chi connectivity index (χ4v) is 2.61. The van der Waals surface area contributed by atoms with Crippen LogP contribution in [0.1, 0.15) is 37.3 Å². The summed E-state index contributed by atoms with van der Waals surface area (Å²) in [5.74, 6) is -0.826. The zero-order chi connectivity index (χ0) is 11.7. The molecule has 2 rings (SSSR count). The average molecular weight is 334 g/mol. The van der Waals surface area contributed by atoms with E-state index in [2.05, 4.69) is 6.92 Å². The molecule has 3 heteroatoms. The topological polar surface area (TPSA) is 0 Å². The van der Waals surface area contributed by atoms with Crippen molar-refractivity contribution in [3.63, 3.8) is 0 Å². The first-order chi connectivity index (χ1) is 7.63. The van der Waals surface area contributed by atoms with E-state index in [0.717, 1.165) is 24.8 Å². The molecule has 0 heterocycles. The second kappa shape index (κ2) is 4.82. The Morgan fingerprint density at radius 2 is 2.06 bits per heavy atom. The lowest BCUT2D eigenvalue weighted by atomic mass is 9.90. The normalized spacial score (nSPS) is 14.6. The fourth-order valence-electron chi connectivity index (χ4n) is 2.13. The van der Waals surface area contributed by atoms with Crippen LogP contribution in [0.15, 0.2) is 11.6 Å². The molecule has 0 saturated heterocycles. The summed E-state index contributed by atoms with van der Waals surface area (Å²) in [5.41, 5.74) is 2.70. The van der Waals surface area contributed by atoms with Crippen LogP contribution in [-0.2, 0) is 6.42 Å². The van der Waals surface area contributed by atoms with Gasteiger partial charge in [-0.05, 0) is 59.0 Å². The van der Waals surface area contributed by atoms with Gasteiger partial charge in [0.15, 0.2) is 0 Å². The average Bonchev–Trinajstić information content (AvgIpc) is 2.26. The Hall–Kier alpha value is -0.450. The van der Waals surface area contributed by atoms with Crippen molar-refractivity contribution in [3.8, 4) is 0 Å². The van der Waals surface area contributed by atoms with E-state index in [9.17, 15) is 8.78 Å². The Morgan fingerprint density at radius 3 is 2.75 bits per heavy atom. The molecule has 1 aromatic rings. The second-order valence-electron chi connectivity index (χ2n) is 4.11. The van der Waals surface area contributed by atoms with Gasteiger partial charge in [0.2, 0.25) is 0 Å². The van der Waals surface area contributed by atoms with Crippen LogP contribution in [0.2, 0.25) is 0 Å². The minimum absolute atomic E-state index is 0.115. The van der Waals surface area contributed by atoms with Crippen LogP contribution < -0.4 is 0 Å². The van der Waals surface area contributed by atoms with Crippen molar-refractivity contribution >= 4 is 28.7 Å². The minimum atomic E-state index is -0.453. The van der Waals surface area contributed by atoms with Gasteiger partial charge in [-0.2, -0.15) is 0 Å². The van der Waals surface area contributed by atoms with Gasteiger partial charge in [0, 0.05) is 0 Å². The zero-order valence-corrected chi connectivity index (χ0v) is 11.3. The van der Waals surface area contributed by atoms with Crippen LogP contribution in [0, 0.1) is 15.2 Å². The third-order valence-corrected chi connectivity index (χ3v) is 3.91. The number of hydrogen-bond donors (Lipinski definition) is 0. The van der Waals surface area contributed by atoms with Gasteiger partial charge in [0.05, 0.1) is 3.57 Å². The molecule has 0 radical (unpaired) electrons. The molecule has 0 saturated carbocycles. The van der Waals surface area contributed by atoms with Crippen molar-refractivity contribution in [1.82, 2.24) is 0 Å². The molecule has 0 bridgehead atoms. The molecule has 86 valence electrons. The second-order valence-corrected chi connectivity index (χ2v) is 5.19. The van der Waals surface area contributed by atoms with Crippen molar-refractivity contribution in [2.24, 2.45) is 0 Å². The van der Waals surface area contributed by atoms with Crippen LogP contribution in [-0.4, -0.2) is 0 Å². The number of allylic oxidation sites excluding steroid dienone is 1. The molecule has 0 aromatic heterocycles. The first-order valence-electron chi connectivity index (χ1n) is 5.49. The molecule has 1 aliphatic carbocycles. The summed E-state index contributed by atoms with van der Waals surface area (Å²) in [5, 5.41) is 0. The standard InChI is InChI=1S/C13H13F2I/c1-2-3-8-4-5-10-9(6-8)7-11(14)13(16)12(10)15/h6-7H,2-5H2,1H3. The van der Waals surface area contributed by atoms with Gasteiger partial charge in [-0.3, -0.25) is 0 Å². The summed E-state index contributed by atoms with van der Waals surface area (Å²) < 4.78 is 27.3. The fraction of sp³-hybridized carbons (Fsp3) is 0.385. The zero-order valence-electron chi connectivity index (χ0n) is 9.12. The van der Waals surface area contributed by atoms with Gasteiger partial charge in [-0.25, -0.2) is 8.78 Å². The maximum atomic E-state index is 13.8. The van der Waals surface area contributed by atoms with Crippen LogP contribution in [0.25, 0.3) is 6.08 Å². The van der Waals surface area contributed by atoms with Crippen LogP contribution in [0.3, 0.4) is 0 Å². The molecule has 1 aliphatic rings. The van der Waals surface area contributed by atoms with Gasteiger partial charge in [0.1, 0.15) is 11.6 Å². The molecular weight excluding hydrogens is 321 g/mol. The monoisotopic (exact) mass is 334 g/mol. The number of fused-ring (bicyclic) bond motifs is 1. The first-order valence-corrected chi connectivity index (χ1v) is 6.57. The predicted molar refractivity (Wildman–Crippen MR) is 70.3 cm³/mol. The van der Waals surface area contributed by atoms with E-state index in [1.807, 2.05) is 6.08 Å². The van der Waals surface area contributed by atoms with E-state index in [1.165, 1.54) is 11.6 Å². The molecule has 16 heavy (non-hydrogen) atoms. The van der Waals surface area contributed by atoms with Gasteiger partial charge < -0.3 is 0 Å². The number of halogens is 3. The maximum absolute atomic E-state index is 13.8. The molecule has 0 N–H and O–H groups in total. The highest BCUT2D eigenvalue weighted by atomic mass is 127. The smallest absolute Gasteiger partial charge is 0.143 e. The number of hydrogen-bond acceptors (Lipinski definition) is 0. The summed E-state index contributed by atoms with van der Waals surface area (Å²) in [4.78, 5) is 0. The molecule has 0 fully saturated rings. The van der Waals surface area contributed by atoms with E-state index in [0.29, 0.717) is 12.0 Å². The van der Waals surface area contributed by atoms with Crippen molar-refractivity contribution in [3.05, 3.63) is 38.0 Å². The van der Waals surface area contributed by atoms with Crippen LogP contribution in [0.4, 0.5) is 8.78 Å². The summed E-state index contributed by atoms with van der Waals surface area (Å²) in [6.45, 7) is 2.12. The Balaban J connectivity index is 2.47. The van der Waals surface area contributed by atoms with Crippen molar-refractivity contribution in [2.45, 2.75) is 32.6 Å². The molecule has 1 aromatic carbocycles. The molecule has 0 atom stereocenters. The lowest BCUT2D eigenvalue weighted by molar-refractivity contribution is 0.556. The minimum Gasteiger partial charge on any atom is -0.206 e. The summed E-state index contributed by atoms with van der Waals surface area (Å²) in [6.07, 6.45) is 5.65. The Labute approximate surface area is 108 Å². The van der Waals surface area contributed by atoms with E-state index in [1.54, 1.807) is 22.6 Å². The van der Waals surface area contributed by atoms with Gasteiger partial charge >= 0.3 is 0 Å². The van der Waals surface area contributed by atoms with Gasteiger partial charge in [-0.1, -0.05) is 25.0 Å². The predicted octanol–water partition coefficient (Wildman–Crippen LogP) is 4.70. The highest BCUT2D eigenvalue weighted by molar-refractivity contribution is 14.1. The SMILES string of the molecule is CCCC1=Cc2cc(F)c(I)c(F)c2CC1. The number of benzene rings is 1. The van der Waals surface area contributed by atoms with Crippen molar-refractivity contribution in [1.29, 1.82) is 0 Å². The van der Waals surface area contributed by atoms with Gasteiger partial charge in [-0.15, -0.1) is 0 Å². The maximum Gasteiger partial charge on any atom is 0.143 e. The lowest BCUT2D eigenvalue weighted by Gasteiger charge is -2.17. The third kappa shape index (κ3) is 2.14. The van der Waals surface area contributed by atoms with Crippen LogP contribution >= 0.6 is 22.6 Å². The Bertz CT molecular complexity index is 450. The molecule has 0 spiro atoms. The molecular formula is C13H13F2I.